The van der Waals surface area contributed by atoms with Crippen LogP contribution in [0.3, 0.4) is 0 Å². The Balaban J connectivity index is 3.45. The number of carbonyl (C=O) groups is 1. The van der Waals surface area contributed by atoms with Gasteiger partial charge in [-0.25, -0.2) is 0 Å². The van der Waals surface area contributed by atoms with Gasteiger partial charge in [-0.3, -0.25) is 4.79 Å². The topological polar surface area (TPSA) is 55.8 Å². The quantitative estimate of drug-likeness (QED) is 0.0501. The van der Waals surface area contributed by atoms with Crippen molar-refractivity contribution in [3.8, 4) is 0 Å². The van der Waals surface area contributed by atoms with E-state index in [-0.39, 0.29) is 12.6 Å². The predicted molar refractivity (Wildman–Crippen MR) is 173 cm³/mol. The lowest BCUT2D eigenvalue weighted by atomic mass is 10.0. The predicted octanol–water partition coefficient (Wildman–Crippen LogP) is 10.8. The van der Waals surface area contributed by atoms with Crippen LogP contribution in [0.2, 0.25) is 0 Å². The molecule has 0 aromatic rings. The molecule has 1 unspecified atom stereocenters. The van der Waals surface area contributed by atoms with E-state index in [2.05, 4.69) is 38.2 Å². The van der Waals surface area contributed by atoms with E-state index in [1.807, 2.05) is 0 Å². The zero-order valence-electron chi connectivity index (χ0n) is 26.9. The second-order valence-electron chi connectivity index (χ2n) is 11.6. The molecule has 0 saturated heterocycles. The minimum Gasteiger partial charge on any atom is -0.457 e. The van der Waals surface area contributed by atoms with Crippen molar-refractivity contribution in [1.82, 2.24) is 0 Å². The van der Waals surface area contributed by atoms with Crippen molar-refractivity contribution in [3.05, 3.63) is 24.3 Å². The van der Waals surface area contributed by atoms with E-state index in [1.54, 1.807) is 0 Å². The van der Waals surface area contributed by atoms with Gasteiger partial charge in [-0.15, -0.1) is 0 Å². The highest BCUT2D eigenvalue weighted by Gasteiger charge is 2.13. The van der Waals surface area contributed by atoms with E-state index in [0.29, 0.717) is 19.6 Å². The number of aliphatic hydroxyl groups excluding tert-OH is 1. The van der Waals surface area contributed by atoms with Gasteiger partial charge in [-0.05, 0) is 38.5 Å². The van der Waals surface area contributed by atoms with Gasteiger partial charge >= 0.3 is 5.97 Å². The number of aliphatic hydroxyl groups is 1. The molecular formula is C36H68O4. The summed E-state index contributed by atoms with van der Waals surface area (Å²) in [6, 6.07) is 0. The van der Waals surface area contributed by atoms with Crippen molar-refractivity contribution in [2.45, 2.75) is 180 Å². The van der Waals surface area contributed by atoms with Crippen molar-refractivity contribution in [2.75, 3.05) is 19.8 Å². The first kappa shape index (κ1) is 38.9. The lowest BCUT2D eigenvalue weighted by molar-refractivity contribution is -0.154. The van der Waals surface area contributed by atoms with E-state index in [4.69, 9.17) is 9.47 Å². The Bertz CT molecular complexity index is 557. The third kappa shape index (κ3) is 31.4. The van der Waals surface area contributed by atoms with Crippen LogP contribution in [0.25, 0.3) is 0 Å². The summed E-state index contributed by atoms with van der Waals surface area (Å²) in [5, 5.41) is 9.53. The summed E-state index contributed by atoms with van der Waals surface area (Å²) >= 11 is 0. The number of rotatable bonds is 32. The molecule has 0 radical (unpaired) electrons. The zero-order valence-corrected chi connectivity index (χ0v) is 26.9. The molecule has 0 amide bonds. The fourth-order valence-corrected chi connectivity index (χ4v) is 4.87. The Morgan fingerprint density at radius 3 is 1.62 bits per heavy atom. The summed E-state index contributed by atoms with van der Waals surface area (Å²) < 4.78 is 11.1. The number of esters is 1. The third-order valence-corrected chi connectivity index (χ3v) is 7.53. The normalized spacial score (nSPS) is 12.6. The minimum atomic E-state index is -0.535. The number of hydrogen-bond acceptors (Lipinski definition) is 4. The summed E-state index contributed by atoms with van der Waals surface area (Å²) in [4.78, 5) is 12.1. The molecule has 1 N–H and O–H groups in total. The van der Waals surface area contributed by atoms with Crippen molar-refractivity contribution in [3.63, 3.8) is 0 Å². The maximum atomic E-state index is 12.1. The van der Waals surface area contributed by atoms with Crippen LogP contribution in [0.15, 0.2) is 24.3 Å². The largest absolute Gasteiger partial charge is 0.457 e. The molecule has 0 aromatic heterocycles. The molecule has 0 aliphatic heterocycles. The molecule has 0 heterocycles. The molecule has 0 fully saturated rings. The molecule has 0 spiro atoms. The van der Waals surface area contributed by atoms with Crippen molar-refractivity contribution in [2.24, 2.45) is 0 Å². The van der Waals surface area contributed by atoms with Gasteiger partial charge in [0.1, 0.15) is 6.10 Å². The molecule has 0 saturated carbocycles. The third-order valence-electron chi connectivity index (χ3n) is 7.53. The first-order chi connectivity index (χ1) is 19.7. The molecule has 0 aliphatic carbocycles. The standard InChI is InChI=1S/C36H68O4/c1-3-5-7-9-11-13-15-17-19-21-23-25-27-29-31-36(38)40-35(33-37)34-39-32-30-28-26-24-22-20-18-16-14-12-10-8-6-4-2/h9,11,15,17,35,37H,3-8,10,12-14,16,18-34H2,1-2H3/b11-9-,17-15-. The monoisotopic (exact) mass is 565 g/mol. The van der Waals surface area contributed by atoms with Gasteiger partial charge in [0.2, 0.25) is 0 Å². The molecule has 0 aromatic carbocycles. The summed E-state index contributed by atoms with van der Waals surface area (Å²) in [5.74, 6) is -0.214. The van der Waals surface area contributed by atoms with Gasteiger partial charge in [-0.2, -0.15) is 0 Å². The Kier molecular flexibility index (Phi) is 33.1. The van der Waals surface area contributed by atoms with E-state index in [9.17, 15) is 9.90 Å². The average molecular weight is 565 g/mol. The summed E-state index contributed by atoms with van der Waals surface area (Å²) in [5.41, 5.74) is 0. The van der Waals surface area contributed by atoms with Crippen molar-refractivity contribution >= 4 is 5.97 Å². The van der Waals surface area contributed by atoms with E-state index in [0.717, 1.165) is 38.5 Å². The highest BCUT2D eigenvalue weighted by molar-refractivity contribution is 5.69. The first-order valence-corrected chi connectivity index (χ1v) is 17.4. The van der Waals surface area contributed by atoms with Crippen LogP contribution in [0.1, 0.15) is 174 Å². The zero-order chi connectivity index (χ0) is 29.2. The average Bonchev–Trinajstić information content (AvgIpc) is 2.96. The smallest absolute Gasteiger partial charge is 0.306 e. The molecule has 0 aliphatic rings. The second-order valence-corrected chi connectivity index (χ2v) is 11.6. The lowest BCUT2D eigenvalue weighted by Crippen LogP contribution is -2.27. The van der Waals surface area contributed by atoms with Crippen LogP contribution in [-0.2, 0) is 14.3 Å². The number of ether oxygens (including phenoxy) is 2. The van der Waals surface area contributed by atoms with Crippen LogP contribution in [0.4, 0.5) is 0 Å². The summed E-state index contributed by atoms with van der Waals surface area (Å²) in [6.07, 6.45) is 39.2. The molecule has 4 heteroatoms. The lowest BCUT2D eigenvalue weighted by Gasteiger charge is -2.15. The second kappa shape index (κ2) is 34.1. The Labute approximate surface area is 249 Å². The van der Waals surface area contributed by atoms with E-state index >= 15 is 0 Å². The van der Waals surface area contributed by atoms with Crippen molar-refractivity contribution < 1.29 is 19.4 Å². The fraction of sp³-hybridized carbons (Fsp3) is 0.861. The highest BCUT2D eigenvalue weighted by Crippen LogP contribution is 2.13. The molecule has 236 valence electrons. The van der Waals surface area contributed by atoms with Crippen LogP contribution < -0.4 is 0 Å². The SMILES string of the molecule is CCCC/C=C\C/C=C\CCCCCCCC(=O)OC(CO)COCCCCCCCCCCCCCCCC. The number of allylic oxidation sites excluding steroid dienone is 4. The molecule has 40 heavy (non-hydrogen) atoms. The number of hydrogen-bond donors (Lipinski definition) is 1. The molecule has 0 rings (SSSR count). The van der Waals surface area contributed by atoms with Gasteiger partial charge in [0.25, 0.3) is 0 Å². The van der Waals surface area contributed by atoms with Crippen LogP contribution in [0.5, 0.6) is 0 Å². The molecular weight excluding hydrogens is 496 g/mol. The minimum absolute atomic E-state index is 0.174. The van der Waals surface area contributed by atoms with Crippen LogP contribution in [0, 0.1) is 0 Å². The number of carbonyl (C=O) groups excluding carboxylic acids is 1. The van der Waals surface area contributed by atoms with E-state index in [1.165, 1.54) is 116 Å². The van der Waals surface area contributed by atoms with Gasteiger partial charge in [0.15, 0.2) is 0 Å². The van der Waals surface area contributed by atoms with Crippen LogP contribution in [-0.4, -0.2) is 37.0 Å². The maximum Gasteiger partial charge on any atom is 0.306 e. The maximum absolute atomic E-state index is 12.1. The Hall–Kier alpha value is -1.13. The summed E-state index contributed by atoms with van der Waals surface area (Å²) in [6.45, 7) is 5.30. The van der Waals surface area contributed by atoms with Crippen molar-refractivity contribution in [1.29, 1.82) is 0 Å². The summed E-state index contributed by atoms with van der Waals surface area (Å²) in [7, 11) is 0. The number of unbranched alkanes of at least 4 members (excludes halogenated alkanes) is 20. The van der Waals surface area contributed by atoms with Gasteiger partial charge in [-0.1, -0.05) is 154 Å². The molecule has 1 atom stereocenters. The Morgan fingerprint density at radius 2 is 1.07 bits per heavy atom. The van der Waals surface area contributed by atoms with Gasteiger partial charge in [0, 0.05) is 13.0 Å². The van der Waals surface area contributed by atoms with Gasteiger partial charge in [0.05, 0.1) is 13.2 Å². The van der Waals surface area contributed by atoms with Crippen LogP contribution >= 0.6 is 0 Å². The molecule has 4 nitrogen and oxygen atoms in total. The Morgan fingerprint density at radius 1 is 0.600 bits per heavy atom. The van der Waals surface area contributed by atoms with Gasteiger partial charge < -0.3 is 14.6 Å². The molecule has 0 bridgehead atoms. The van der Waals surface area contributed by atoms with E-state index < -0.39 is 6.10 Å². The first-order valence-electron chi connectivity index (χ1n) is 17.4. The highest BCUT2D eigenvalue weighted by atomic mass is 16.6. The fourth-order valence-electron chi connectivity index (χ4n) is 4.87.